The number of hydrogen-bond donors (Lipinski definition) is 2. The Morgan fingerprint density at radius 2 is 2.05 bits per heavy atom. The number of aromatic nitrogens is 2. The molecule has 0 aliphatic carbocycles. The van der Waals surface area contributed by atoms with Gasteiger partial charge in [0, 0.05) is 25.4 Å². The minimum Gasteiger partial charge on any atom is -0.349 e. The number of nitrogens with zero attached hydrogens (tertiary/aromatic N) is 2. The zero-order valence-electron chi connectivity index (χ0n) is 10.7. The number of hydrogen-bond acceptors (Lipinski definition) is 4. The van der Waals surface area contributed by atoms with E-state index >= 15 is 0 Å². The van der Waals surface area contributed by atoms with Crippen LogP contribution in [-0.2, 0) is 22.2 Å². The van der Waals surface area contributed by atoms with Gasteiger partial charge in [-0.05, 0) is 17.7 Å². The summed E-state index contributed by atoms with van der Waals surface area (Å²) in [4.78, 5) is 6.93. The zero-order chi connectivity index (χ0) is 14.4. The van der Waals surface area contributed by atoms with Gasteiger partial charge in [-0.1, -0.05) is 12.1 Å². The number of benzene rings is 1. The third-order valence-electron chi connectivity index (χ3n) is 2.68. The molecule has 0 aliphatic rings. The average molecular weight is 290 g/mol. The summed E-state index contributed by atoms with van der Waals surface area (Å²) in [6.45, 7) is 0.298. The lowest BCUT2D eigenvalue weighted by Crippen LogP contribution is -2.27. The van der Waals surface area contributed by atoms with Crippen LogP contribution in [0.2, 0.25) is 0 Å². The minimum absolute atomic E-state index is 0.100. The first-order valence-corrected chi connectivity index (χ1v) is 7.69. The Kier molecular flexibility index (Phi) is 4.50. The van der Waals surface area contributed by atoms with Gasteiger partial charge in [-0.15, -0.1) is 0 Å². The number of imidazole rings is 1. The first kappa shape index (κ1) is 14.2. The second-order valence-electron chi connectivity index (χ2n) is 4.25. The fourth-order valence-corrected chi connectivity index (χ4v) is 2.85. The molecule has 2 N–H and O–H groups in total. The molecule has 0 atom stereocenters. The first-order valence-electron chi connectivity index (χ1n) is 6.04. The molecule has 0 aliphatic heterocycles. The summed E-state index contributed by atoms with van der Waals surface area (Å²) in [5, 5.41) is 8.68. The lowest BCUT2D eigenvalue weighted by atomic mass is 10.2. The van der Waals surface area contributed by atoms with Gasteiger partial charge in [0.25, 0.3) is 0 Å². The van der Waals surface area contributed by atoms with E-state index in [2.05, 4.69) is 14.7 Å². The molecule has 0 amide bonds. The van der Waals surface area contributed by atoms with Crippen LogP contribution in [0.1, 0.15) is 17.0 Å². The highest BCUT2D eigenvalue weighted by Gasteiger charge is 2.11. The van der Waals surface area contributed by atoms with Gasteiger partial charge in [-0.3, -0.25) is 0 Å². The minimum atomic E-state index is -3.38. The number of H-pyrrole nitrogens is 1. The number of sulfonamides is 1. The van der Waals surface area contributed by atoms with Crippen LogP contribution < -0.4 is 4.72 Å². The maximum atomic E-state index is 11.9. The molecule has 1 heterocycles. The molecule has 0 fully saturated rings. The monoisotopic (exact) mass is 290 g/mol. The van der Waals surface area contributed by atoms with Crippen molar-refractivity contribution in [2.24, 2.45) is 0 Å². The third kappa shape index (κ3) is 4.19. The van der Waals surface area contributed by atoms with E-state index in [1.807, 2.05) is 6.07 Å². The molecule has 0 saturated heterocycles. The molecule has 104 valence electrons. The van der Waals surface area contributed by atoms with E-state index in [-0.39, 0.29) is 5.75 Å². The van der Waals surface area contributed by atoms with Gasteiger partial charge < -0.3 is 4.98 Å². The van der Waals surface area contributed by atoms with Crippen molar-refractivity contribution >= 4 is 10.0 Å². The fourth-order valence-electron chi connectivity index (χ4n) is 1.71. The van der Waals surface area contributed by atoms with Crippen molar-refractivity contribution < 1.29 is 8.42 Å². The van der Waals surface area contributed by atoms with Crippen LogP contribution in [0.4, 0.5) is 0 Å². The van der Waals surface area contributed by atoms with Gasteiger partial charge in [-0.25, -0.2) is 18.1 Å². The zero-order valence-corrected chi connectivity index (χ0v) is 11.5. The number of nitriles is 1. The van der Waals surface area contributed by atoms with Gasteiger partial charge in [0.15, 0.2) is 0 Å². The molecule has 0 radical (unpaired) electrons. The van der Waals surface area contributed by atoms with Crippen molar-refractivity contribution in [2.75, 3.05) is 6.54 Å². The van der Waals surface area contributed by atoms with E-state index in [1.165, 1.54) is 0 Å². The summed E-state index contributed by atoms with van der Waals surface area (Å²) < 4.78 is 26.3. The van der Waals surface area contributed by atoms with E-state index in [0.29, 0.717) is 24.1 Å². The van der Waals surface area contributed by atoms with E-state index in [0.717, 1.165) is 5.82 Å². The van der Waals surface area contributed by atoms with Crippen LogP contribution in [0.25, 0.3) is 0 Å². The van der Waals surface area contributed by atoms with Crippen LogP contribution in [0.5, 0.6) is 0 Å². The summed E-state index contributed by atoms with van der Waals surface area (Å²) in [6.07, 6.45) is 3.83. The number of aromatic amines is 1. The van der Waals surface area contributed by atoms with Crippen molar-refractivity contribution in [2.45, 2.75) is 12.2 Å². The Balaban J connectivity index is 1.88. The second-order valence-corrected chi connectivity index (χ2v) is 6.05. The predicted octanol–water partition coefficient (Wildman–Crippen LogP) is 0.943. The Bertz CT molecular complexity index is 685. The maximum absolute atomic E-state index is 11.9. The molecular formula is C13H14N4O2S. The largest absolute Gasteiger partial charge is 0.349 e. The third-order valence-corrected chi connectivity index (χ3v) is 4.04. The van der Waals surface area contributed by atoms with Gasteiger partial charge in [0.05, 0.1) is 17.4 Å². The summed E-state index contributed by atoms with van der Waals surface area (Å²) >= 11 is 0. The van der Waals surface area contributed by atoms with Gasteiger partial charge in [0.2, 0.25) is 10.0 Å². The summed E-state index contributed by atoms with van der Waals surface area (Å²) in [6, 6.07) is 8.49. The topological polar surface area (TPSA) is 98.6 Å². The van der Waals surface area contributed by atoms with Crippen LogP contribution >= 0.6 is 0 Å². The normalized spacial score (nSPS) is 11.2. The molecule has 0 unspecified atom stereocenters. The van der Waals surface area contributed by atoms with Crippen LogP contribution in [-0.4, -0.2) is 24.9 Å². The standard InChI is InChI=1S/C13H14N4O2S/c14-9-11-1-3-12(4-2-11)10-20(18,19)17-6-5-13-15-7-8-16-13/h1-4,7-8,17H,5-6,10H2,(H,15,16). The molecule has 7 heteroatoms. The Labute approximate surface area is 117 Å². The Morgan fingerprint density at radius 3 is 2.65 bits per heavy atom. The highest BCUT2D eigenvalue weighted by Crippen LogP contribution is 2.07. The van der Waals surface area contributed by atoms with Gasteiger partial charge >= 0.3 is 0 Å². The smallest absolute Gasteiger partial charge is 0.215 e. The van der Waals surface area contributed by atoms with Crippen LogP contribution in [0.3, 0.4) is 0 Å². The maximum Gasteiger partial charge on any atom is 0.215 e. The second kappa shape index (κ2) is 6.32. The molecular weight excluding hydrogens is 276 g/mol. The highest BCUT2D eigenvalue weighted by atomic mass is 32.2. The number of nitrogens with one attached hydrogen (secondary N) is 2. The first-order chi connectivity index (χ1) is 9.59. The Morgan fingerprint density at radius 1 is 1.30 bits per heavy atom. The Hall–Kier alpha value is -2.17. The molecule has 1 aromatic carbocycles. The van der Waals surface area contributed by atoms with Gasteiger partial charge in [-0.2, -0.15) is 5.26 Å². The summed E-state index contributed by atoms with van der Waals surface area (Å²) in [7, 11) is -3.38. The van der Waals surface area contributed by atoms with Crippen molar-refractivity contribution in [1.82, 2.24) is 14.7 Å². The molecule has 0 saturated carbocycles. The van der Waals surface area contributed by atoms with E-state index in [4.69, 9.17) is 5.26 Å². The van der Waals surface area contributed by atoms with Crippen molar-refractivity contribution in [3.8, 4) is 6.07 Å². The van der Waals surface area contributed by atoms with Crippen LogP contribution in [0.15, 0.2) is 36.7 Å². The van der Waals surface area contributed by atoms with Gasteiger partial charge in [0.1, 0.15) is 5.82 Å². The molecule has 0 bridgehead atoms. The summed E-state index contributed by atoms with van der Waals surface area (Å²) in [5.41, 5.74) is 1.16. The molecule has 2 aromatic rings. The summed E-state index contributed by atoms with van der Waals surface area (Å²) in [5.74, 6) is 0.641. The van der Waals surface area contributed by atoms with Crippen molar-refractivity contribution in [1.29, 1.82) is 5.26 Å². The van der Waals surface area contributed by atoms with E-state index in [9.17, 15) is 8.42 Å². The van der Waals surface area contributed by atoms with E-state index in [1.54, 1.807) is 36.7 Å². The fraction of sp³-hybridized carbons (Fsp3) is 0.231. The molecule has 20 heavy (non-hydrogen) atoms. The SMILES string of the molecule is N#Cc1ccc(CS(=O)(=O)NCCc2ncc[nH]2)cc1. The lowest BCUT2D eigenvalue weighted by molar-refractivity contribution is 0.580. The number of rotatable bonds is 6. The average Bonchev–Trinajstić information content (AvgIpc) is 2.92. The lowest BCUT2D eigenvalue weighted by Gasteiger charge is -2.06. The molecule has 6 nitrogen and oxygen atoms in total. The quantitative estimate of drug-likeness (QED) is 0.827. The predicted molar refractivity (Wildman–Crippen MR) is 74.1 cm³/mol. The molecule has 1 aromatic heterocycles. The van der Waals surface area contributed by atoms with Crippen LogP contribution in [0, 0.1) is 11.3 Å². The molecule has 0 spiro atoms. The van der Waals surface area contributed by atoms with Crippen molar-refractivity contribution in [3.63, 3.8) is 0 Å². The van der Waals surface area contributed by atoms with E-state index < -0.39 is 10.0 Å². The highest BCUT2D eigenvalue weighted by molar-refractivity contribution is 7.88. The van der Waals surface area contributed by atoms with Crippen molar-refractivity contribution in [3.05, 3.63) is 53.6 Å². The molecule has 2 rings (SSSR count).